The first kappa shape index (κ1) is 22.0. The number of carbonyl (C=O) groups is 1. The maximum absolute atomic E-state index is 13.4. The molecule has 0 saturated heterocycles. The molecule has 2 aromatic carbocycles. The maximum Gasteiger partial charge on any atom is 0.254 e. The van der Waals surface area contributed by atoms with E-state index in [4.69, 9.17) is 0 Å². The fraction of sp³-hybridized carbons (Fsp3) is 0.250. The van der Waals surface area contributed by atoms with Gasteiger partial charge in [-0.1, -0.05) is 60.3 Å². The predicted octanol–water partition coefficient (Wildman–Crippen LogP) is 3.67. The van der Waals surface area contributed by atoms with Gasteiger partial charge in [0.05, 0.1) is 6.61 Å². The number of amides is 1. The molecule has 0 saturated carbocycles. The summed E-state index contributed by atoms with van der Waals surface area (Å²) in [6.45, 7) is 4.53. The van der Waals surface area contributed by atoms with E-state index in [1.54, 1.807) is 9.42 Å². The summed E-state index contributed by atoms with van der Waals surface area (Å²) in [4.78, 5) is 24.0. The van der Waals surface area contributed by atoms with E-state index < -0.39 is 0 Å². The van der Waals surface area contributed by atoms with Crippen molar-refractivity contribution in [3.05, 3.63) is 88.7 Å². The molecule has 164 valence electrons. The van der Waals surface area contributed by atoms with Crippen molar-refractivity contribution in [2.75, 3.05) is 13.2 Å². The number of thioether (sulfide) groups is 1. The van der Waals surface area contributed by atoms with Gasteiger partial charge in [-0.2, -0.15) is 4.98 Å². The Hall–Kier alpha value is -3.23. The first-order valence-corrected chi connectivity index (χ1v) is 11.4. The van der Waals surface area contributed by atoms with E-state index in [9.17, 15) is 9.90 Å². The molecule has 0 radical (unpaired) electrons. The van der Waals surface area contributed by atoms with Gasteiger partial charge in [0.1, 0.15) is 0 Å². The van der Waals surface area contributed by atoms with Crippen LogP contribution < -0.4 is 0 Å². The van der Waals surface area contributed by atoms with Crippen LogP contribution in [0.4, 0.5) is 0 Å². The van der Waals surface area contributed by atoms with E-state index in [0.29, 0.717) is 28.8 Å². The second-order valence-corrected chi connectivity index (χ2v) is 8.47. The van der Waals surface area contributed by atoms with E-state index in [-0.39, 0.29) is 19.1 Å². The largest absolute Gasteiger partial charge is 0.395 e. The van der Waals surface area contributed by atoms with Crippen LogP contribution in [0.1, 0.15) is 32.9 Å². The molecule has 0 unspecified atom stereocenters. The van der Waals surface area contributed by atoms with Crippen LogP contribution in [-0.4, -0.2) is 48.6 Å². The highest BCUT2D eigenvalue weighted by Gasteiger charge is 2.19. The molecule has 4 rings (SSSR count). The van der Waals surface area contributed by atoms with Crippen LogP contribution in [0.25, 0.3) is 5.78 Å². The zero-order valence-electron chi connectivity index (χ0n) is 18.1. The Morgan fingerprint density at radius 2 is 1.81 bits per heavy atom. The lowest BCUT2D eigenvalue weighted by molar-refractivity contribution is 0.0707. The van der Waals surface area contributed by atoms with Crippen molar-refractivity contribution in [2.24, 2.45) is 0 Å². The third-order valence-electron chi connectivity index (χ3n) is 5.08. The minimum Gasteiger partial charge on any atom is -0.395 e. The molecular weight excluding hydrogens is 422 g/mol. The lowest BCUT2D eigenvalue weighted by atomic mass is 10.1. The molecule has 0 bridgehead atoms. The van der Waals surface area contributed by atoms with Crippen LogP contribution in [0.3, 0.4) is 0 Å². The summed E-state index contributed by atoms with van der Waals surface area (Å²) in [5, 5.41) is 14.7. The Labute approximate surface area is 191 Å². The second-order valence-electron chi connectivity index (χ2n) is 7.53. The third kappa shape index (κ3) is 4.98. The molecular formula is C24H25N5O2S. The molecule has 1 amide bonds. The molecule has 1 N–H and O–H groups in total. The normalized spacial score (nSPS) is 11.1. The smallest absolute Gasteiger partial charge is 0.254 e. The standard InChI is InChI=1S/C24H25N5O2S/c1-17-14-18(2)29-23(25-17)26-24(27-29)32-16-20-10-6-7-11-21(20)22(31)28(12-13-30)15-19-8-4-3-5-9-19/h3-11,14,30H,12-13,15-16H2,1-2H3. The van der Waals surface area contributed by atoms with Crippen molar-refractivity contribution in [3.8, 4) is 0 Å². The molecule has 2 heterocycles. The number of aromatic nitrogens is 4. The topological polar surface area (TPSA) is 83.6 Å². The number of hydrogen-bond donors (Lipinski definition) is 1. The summed E-state index contributed by atoms with van der Waals surface area (Å²) in [7, 11) is 0. The van der Waals surface area contributed by atoms with Gasteiger partial charge in [0.2, 0.25) is 5.16 Å². The number of aliphatic hydroxyl groups excluding tert-OH is 1. The molecule has 32 heavy (non-hydrogen) atoms. The molecule has 4 aromatic rings. The van der Waals surface area contributed by atoms with E-state index in [1.807, 2.05) is 74.5 Å². The Morgan fingerprint density at radius 3 is 2.59 bits per heavy atom. The van der Waals surface area contributed by atoms with Crippen molar-refractivity contribution in [2.45, 2.75) is 31.3 Å². The highest BCUT2D eigenvalue weighted by atomic mass is 32.2. The fourth-order valence-electron chi connectivity index (χ4n) is 3.55. The Morgan fingerprint density at radius 1 is 1.06 bits per heavy atom. The maximum atomic E-state index is 13.4. The highest BCUT2D eigenvalue weighted by Crippen LogP contribution is 2.24. The monoisotopic (exact) mass is 447 g/mol. The fourth-order valence-corrected chi connectivity index (χ4v) is 4.38. The van der Waals surface area contributed by atoms with Crippen molar-refractivity contribution in [1.82, 2.24) is 24.5 Å². The number of aryl methyl sites for hydroxylation is 2. The van der Waals surface area contributed by atoms with Gasteiger partial charge in [-0.25, -0.2) is 9.50 Å². The van der Waals surface area contributed by atoms with Gasteiger partial charge in [-0.05, 0) is 37.1 Å². The zero-order chi connectivity index (χ0) is 22.5. The summed E-state index contributed by atoms with van der Waals surface area (Å²) in [6.07, 6.45) is 0. The molecule has 0 aliphatic carbocycles. The van der Waals surface area contributed by atoms with Crippen molar-refractivity contribution in [1.29, 1.82) is 0 Å². The first-order valence-electron chi connectivity index (χ1n) is 10.4. The number of aliphatic hydroxyl groups is 1. The molecule has 7 nitrogen and oxygen atoms in total. The average molecular weight is 448 g/mol. The lowest BCUT2D eigenvalue weighted by Gasteiger charge is -2.23. The number of rotatable bonds is 8. The quantitative estimate of drug-likeness (QED) is 0.415. The summed E-state index contributed by atoms with van der Waals surface area (Å²) in [5.41, 5.74) is 4.42. The number of carbonyl (C=O) groups excluding carboxylic acids is 1. The van der Waals surface area contributed by atoms with Crippen LogP contribution in [0.5, 0.6) is 0 Å². The van der Waals surface area contributed by atoms with Crippen LogP contribution in [-0.2, 0) is 12.3 Å². The number of fused-ring (bicyclic) bond motifs is 1. The molecule has 0 aliphatic heterocycles. The molecule has 2 aromatic heterocycles. The van der Waals surface area contributed by atoms with Crippen molar-refractivity contribution >= 4 is 23.4 Å². The number of hydrogen-bond acceptors (Lipinski definition) is 6. The molecule has 0 atom stereocenters. The van der Waals surface area contributed by atoms with Gasteiger partial charge in [0.15, 0.2) is 0 Å². The number of nitrogens with zero attached hydrogens (tertiary/aromatic N) is 5. The van der Waals surface area contributed by atoms with Crippen LogP contribution in [0, 0.1) is 13.8 Å². The Kier molecular flexibility index (Phi) is 6.82. The zero-order valence-corrected chi connectivity index (χ0v) is 18.9. The van der Waals surface area contributed by atoms with E-state index in [2.05, 4.69) is 15.1 Å². The molecule has 0 spiro atoms. The van der Waals surface area contributed by atoms with Gasteiger partial charge in [0.25, 0.3) is 11.7 Å². The van der Waals surface area contributed by atoms with Crippen LogP contribution >= 0.6 is 11.8 Å². The summed E-state index contributed by atoms with van der Waals surface area (Å²) in [6, 6.07) is 19.3. The van der Waals surface area contributed by atoms with Crippen LogP contribution in [0.2, 0.25) is 0 Å². The van der Waals surface area contributed by atoms with Gasteiger partial charge < -0.3 is 10.0 Å². The third-order valence-corrected chi connectivity index (χ3v) is 5.96. The molecule has 0 fully saturated rings. The number of benzene rings is 2. The van der Waals surface area contributed by atoms with Gasteiger partial charge in [0, 0.05) is 35.8 Å². The second kappa shape index (κ2) is 9.93. The minimum atomic E-state index is -0.102. The van der Waals surface area contributed by atoms with Gasteiger partial charge in [-0.15, -0.1) is 5.10 Å². The first-order chi connectivity index (χ1) is 15.5. The van der Waals surface area contributed by atoms with E-state index in [0.717, 1.165) is 22.5 Å². The molecule has 8 heteroatoms. The molecule has 0 aliphatic rings. The predicted molar refractivity (Wildman–Crippen MR) is 125 cm³/mol. The Bertz CT molecular complexity index is 1230. The lowest BCUT2D eigenvalue weighted by Crippen LogP contribution is -2.33. The van der Waals surface area contributed by atoms with Gasteiger partial charge in [-0.3, -0.25) is 4.79 Å². The van der Waals surface area contributed by atoms with Gasteiger partial charge >= 0.3 is 0 Å². The van der Waals surface area contributed by atoms with E-state index in [1.165, 1.54) is 11.8 Å². The minimum absolute atomic E-state index is 0.0908. The highest BCUT2D eigenvalue weighted by molar-refractivity contribution is 7.98. The van der Waals surface area contributed by atoms with E-state index >= 15 is 0 Å². The van der Waals surface area contributed by atoms with Crippen LogP contribution in [0.15, 0.2) is 65.8 Å². The average Bonchev–Trinajstić information content (AvgIpc) is 3.21. The van der Waals surface area contributed by atoms with Crippen molar-refractivity contribution in [3.63, 3.8) is 0 Å². The SMILES string of the molecule is Cc1cc(C)n2nc(SCc3ccccc3C(=O)N(CCO)Cc3ccccc3)nc2n1. The van der Waals surface area contributed by atoms with Crippen molar-refractivity contribution < 1.29 is 9.90 Å². The summed E-state index contributed by atoms with van der Waals surface area (Å²) in [5.74, 6) is 1.02. The summed E-state index contributed by atoms with van der Waals surface area (Å²) < 4.78 is 1.73. The Balaban J connectivity index is 1.54. The summed E-state index contributed by atoms with van der Waals surface area (Å²) >= 11 is 1.47.